The van der Waals surface area contributed by atoms with Gasteiger partial charge in [-0.25, -0.2) is 0 Å². The van der Waals surface area contributed by atoms with Crippen molar-refractivity contribution in [2.75, 3.05) is 0 Å². The molecular formula is C11H14O3. The Balaban J connectivity index is 2.84. The Labute approximate surface area is 83.0 Å². The summed E-state index contributed by atoms with van der Waals surface area (Å²) in [6, 6.07) is 8.97. The van der Waals surface area contributed by atoms with Gasteiger partial charge in [0, 0.05) is 0 Å². The smallest absolute Gasteiger partial charge is 0.311 e. The lowest BCUT2D eigenvalue weighted by atomic mass is 9.94. The van der Waals surface area contributed by atoms with Crippen LogP contribution in [-0.2, 0) is 4.79 Å². The molecule has 0 spiro atoms. The molecule has 0 fully saturated rings. The van der Waals surface area contributed by atoms with Gasteiger partial charge in [0.25, 0.3) is 0 Å². The normalized spacial score (nSPS) is 14.7. The van der Waals surface area contributed by atoms with Crippen molar-refractivity contribution in [3.8, 4) is 0 Å². The average Bonchev–Trinajstić information content (AvgIpc) is 2.15. The van der Waals surface area contributed by atoms with Crippen LogP contribution in [-0.4, -0.2) is 22.3 Å². The van der Waals surface area contributed by atoms with Gasteiger partial charge < -0.3 is 10.2 Å². The summed E-state index contributed by atoms with van der Waals surface area (Å²) in [7, 11) is 0. The van der Waals surface area contributed by atoms with E-state index >= 15 is 0 Å². The molecule has 3 heteroatoms. The van der Waals surface area contributed by atoms with Gasteiger partial charge in [-0.2, -0.15) is 0 Å². The van der Waals surface area contributed by atoms with Crippen molar-refractivity contribution >= 4 is 5.97 Å². The molecule has 2 atom stereocenters. The third-order valence-electron chi connectivity index (χ3n) is 2.08. The second kappa shape index (κ2) is 4.77. The van der Waals surface area contributed by atoms with E-state index in [0.29, 0.717) is 0 Å². The molecule has 0 saturated heterocycles. The number of aliphatic hydroxyl groups is 1. The average molecular weight is 194 g/mol. The first kappa shape index (κ1) is 10.7. The number of hydrogen-bond donors (Lipinski definition) is 2. The second-order valence-electron chi connectivity index (χ2n) is 3.39. The summed E-state index contributed by atoms with van der Waals surface area (Å²) < 4.78 is 0. The molecule has 14 heavy (non-hydrogen) atoms. The van der Waals surface area contributed by atoms with E-state index in [9.17, 15) is 4.79 Å². The first-order valence-electron chi connectivity index (χ1n) is 4.57. The van der Waals surface area contributed by atoms with Crippen LogP contribution >= 0.6 is 0 Å². The summed E-state index contributed by atoms with van der Waals surface area (Å²) in [5.74, 6) is -1.51. The van der Waals surface area contributed by atoms with Gasteiger partial charge in [-0.3, -0.25) is 4.79 Å². The van der Waals surface area contributed by atoms with E-state index < -0.39 is 18.0 Å². The summed E-state index contributed by atoms with van der Waals surface area (Å²) in [6.07, 6.45) is -0.351. The predicted molar refractivity (Wildman–Crippen MR) is 53.1 cm³/mol. The quantitative estimate of drug-likeness (QED) is 0.765. The summed E-state index contributed by atoms with van der Waals surface area (Å²) in [5.41, 5.74) is 0.737. The molecule has 0 aliphatic rings. The van der Waals surface area contributed by atoms with Crippen molar-refractivity contribution in [3.05, 3.63) is 35.9 Å². The first-order chi connectivity index (χ1) is 6.61. The van der Waals surface area contributed by atoms with E-state index in [1.807, 2.05) is 6.07 Å². The minimum Gasteiger partial charge on any atom is -0.481 e. The van der Waals surface area contributed by atoms with Crippen molar-refractivity contribution < 1.29 is 15.0 Å². The molecule has 1 rings (SSSR count). The monoisotopic (exact) mass is 194 g/mol. The molecular weight excluding hydrogens is 180 g/mol. The minimum absolute atomic E-state index is 0.249. The van der Waals surface area contributed by atoms with Crippen LogP contribution in [0, 0.1) is 0 Å². The molecule has 0 heterocycles. The molecule has 1 aromatic rings. The fourth-order valence-electron chi connectivity index (χ4n) is 1.41. The fraction of sp³-hybridized carbons (Fsp3) is 0.364. The SMILES string of the molecule is CC(O)CC(C(=O)O)c1ccccc1. The molecule has 0 amide bonds. The number of benzene rings is 1. The highest BCUT2D eigenvalue weighted by atomic mass is 16.4. The van der Waals surface area contributed by atoms with Crippen LogP contribution in [0.15, 0.2) is 30.3 Å². The number of carboxylic acid groups (broad SMARTS) is 1. The maximum Gasteiger partial charge on any atom is 0.311 e. The number of carboxylic acids is 1. The van der Waals surface area contributed by atoms with Crippen molar-refractivity contribution in [1.29, 1.82) is 0 Å². The standard InChI is InChI=1S/C11H14O3/c1-8(12)7-10(11(13)14)9-5-3-2-4-6-9/h2-6,8,10,12H,7H2,1H3,(H,13,14). The van der Waals surface area contributed by atoms with Gasteiger partial charge >= 0.3 is 5.97 Å². The highest BCUT2D eigenvalue weighted by Crippen LogP contribution is 2.21. The second-order valence-corrected chi connectivity index (χ2v) is 3.39. The van der Waals surface area contributed by atoms with E-state index in [0.717, 1.165) is 5.56 Å². The Morgan fingerprint density at radius 3 is 2.36 bits per heavy atom. The van der Waals surface area contributed by atoms with Crippen LogP contribution in [0.5, 0.6) is 0 Å². The van der Waals surface area contributed by atoms with Gasteiger partial charge in [-0.05, 0) is 18.9 Å². The minimum atomic E-state index is -0.892. The molecule has 0 bridgehead atoms. The number of aliphatic hydroxyl groups excluding tert-OH is 1. The van der Waals surface area contributed by atoms with Crippen LogP contribution in [0.4, 0.5) is 0 Å². The Hall–Kier alpha value is -1.35. The molecule has 76 valence electrons. The fourth-order valence-corrected chi connectivity index (χ4v) is 1.41. The third-order valence-corrected chi connectivity index (χ3v) is 2.08. The number of rotatable bonds is 4. The predicted octanol–water partition coefficient (Wildman–Crippen LogP) is 1.63. The van der Waals surface area contributed by atoms with Gasteiger partial charge in [0.15, 0.2) is 0 Å². The number of hydrogen-bond acceptors (Lipinski definition) is 2. The lowest BCUT2D eigenvalue weighted by molar-refractivity contribution is -0.139. The van der Waals surface area contributed by atoms with Crippen LogP contribution < -0.4 is 0 Å². The highest BCUT2D eigenvalue weighted by Gasteiger charge is 2.20. The summed E-state index contributed by atoms with van der Waals surface area (Å²) in [6.45, 7) is 1.60. The largest absolute Gasteiger partial charge is 0.481 e. The maximum absolute atomic E-state index is 10.9. The first-order valence-corrected chi connectivity index (χ1v) is 4.57. The molecule has 0 radical (unpaired) electrons. The maximum atomic E-state index is 10.9. The van der Waals surface area contributed by atoms with Gasteiger partial charge in [0.1, 0.15) is 0 Å². The van der Waals surface area contributed by atoms with E-state index in [1.54, 1.807) is 31.2 Å². The molecule has 0 aromatic heterocycles. The Morgan fingerprint density at radius 1 is 1.36 bits per heavy atom. The van der Waals surface area contributed by atoms with Crippen LogP contribution in [0.3, 0.4) is 0 Å². The molecule has 1 aromatic carbocycles. The van der Waals surface area contributed by atoms with Crippen molar-refractivity contribution in [3.63, 3.8) is 0 Å². The van der Waals surface area contributed by atoms with Gasteiger partial charge in [0.05, 0.1) is 12.0 Å². The van der Waals surface area contributed by atoms with Crippen LogP contribution in [0.1, 0.15) is 24.8 Å². The molecule has 0 saturated carbocycles. The third kappa shape index (κ3) is 2.85. The van der Waals surface area contributed by atoms with Crippen molar-refractivity contribution in [2.24, 2.45) is 0 Å². The zero-order chi connectivity index (χ0) is 10.6. The van der Waals surface area contributed by atoms with Crippen LogP contribution in [0.25, 0.3) is 0 Å². The van der Waals surface area contributed by atoms with Crippen molar-refractivity contribution in [1.82, 2.24) is 0 Å². The zero-order valence-corrected chi connectivity index (χ0v) is 8.05. The Kier molecular flexibility index (Phi) is 3.65. The molecule has 0 aliphatic heterocycles. The lowest BCUT2D eigenvalue weighted by Crippen LogP contribution is -2.17. The topological polar surface area (TPSA) is 57.5 Å². The summed E-state index contributed by atoms with van der Waals surface area (Å²) >= 11 is 0. The van der Waals surface area contributed by atoms with Crippen molar-refractivity contribution in [2.45, 2.75) is 25.4 Å². The molecule has 0 aliphatic carbocycles. The van der Waals surface area contributed by atoms with E-state index in [2.05, 4.69) is 0 Å². The zero-order valence-electron chi connectivity index (χ0n) is 8.05. The number of aliphatic carboxylic acids is 1. The highest BCUT2D eigenvalue weighted by molar-refractivity contribution is 5.76. The van der Waals surface area contributed by atoms with E-state index in [1.165, 1.54) is 0 Å². The van der Waals surface area contributed by atoms with Gasteiger partial charge in [-0.15, -0.1) is 0 Å². The Morgan fingerprint density at radius 2 is 1.93 bits per heavy atom. The van der Waals surface area contributed by atoms with Crippen LogP contribution in [0.2, 0.25) is 0 Å². The number of carbonyl (C=O) groups is 1. The van der Waals surface area contributed by atoms with E-state index in [-0.39, 0.29) is 6.42 Å². The van der Waals surface area contributed by atoms with Gasteiger partial charge in [0.2, 0.25) is 0 Å². The summed E-state index contributed by atoms with van der Waals surface area (Å²) in [4.78, 5) is 10.9. The van der Waals surface area contributed by atoms with Gasteiger partial charge in [-0.1, -0.05) is 30.3 Å². The molecule has 2 unspecified atom stereocenters. The Bertz CT molecular complexity index is 293. The molecule has 2 N–H and O–H groups in total. The molecule has 3 nitrogen and oxygen atoms in total. The lowest BCUT2D eigenvalue weighted by Gasteiger charge is -2.13. The van der Waals surface area contributed by atoms with E-state index in [4.69, 9.17) is 10.2 Å². The summed E-state index contributed by atoms with van der Waals surface area (Å²) in [5, 5.41) is 18.1.